The van der Waals surface area contributed by atoms with Crippen LogP contribution in [0.4, 0.5) is 21.4 Å². The number of alkyl carbamates (subject to hydrolysis) is 1. The van der Waals surface area contributed by atoms with E-state index in [1.807, 2.05) is 39.8 Å². The quantitative estimate of drug-likeness (QED) is 0.311. The van der Waals surface area contributed by atoms with Crippen molar-refractivity contribution in [1.82, 2.24) is 25.3 Å². The number of aryl methyl sites for hydroxylation is 1. The standard InChI is InChI=1S/C30H36N8O5S/c1-18-14-19(7-8-31-18)27-34-22(17-42-27)26(39)33-21-15-23-24(36-28(44-23)37-10-12-41-13-11-37)35-25(21)38-9-5-6-20(16-38)32-29(40)43-30(2,3)4/h7-8,14-15,17,20H,5-6,9-13,16H2,1-4H3,(H,32,40)(H,33,39)/t20-/m0/s1. The number of morpholine rings is 1. The maximum absolute atomic E-state index is 13.5. The molecule has 1 atom stereocenters. The Hall–Kier alpha value is -4.30. The van der Waals surface area contributed by atoms with E-state index in [4.69, 9.17) is 23.9 Å². The molecule has 14 heteroatoms. The highest BCUT2D eigenvalue weighted by Gasteiger charge is 2.28. The van der Waals surface area contributed by atoms with Gasteiger partial charge in [0.05, 0.1) is 23.6 Å². The van der Waals surface area contributed by atoms with Crippen molar-refractivity contribution >= 4 is 50.3 Å². The van der Waals surface area contributed by atoms with Gasteiger partial charge in [-0.2, -0.15) is 4.98 Å². The van der Waals surface area contributed by atoms with E-state index in [0.717, 1.165) is 47.0 Å². The van der Waals surface area contributed by atoms with E-state index in [-0.39, 0.29) is 11.7 Å². The number of thiazole rings is 1. The number of hydrogen-bond donors (Lipinski definition) is 2. The first-order valence-corrected chi connectivity index (χ1v) is 15.5. The van der Waals surface area contributed by atoms with Gasteiger partial charge in [-0.25, -0.2) is 14.8 Å². The number of carbonyl (C=O) groups is 2. The lowest BCUT2D eigenvalue weighted by atomic mass is 10.1. The number of amides is 2. The van der Waals surface area contributed by atoms with Crippen molar-refractivity contribution in [2.75, 3.05) is 54.5 Å². The zero-order chi connectivity index (χ0) is 30.8. The molecule has 6 rings (SSSR count). The molecule has 2 N–H and O–H groups in total. The van der Waals surface area contributed by atoms with Crippen LogP contribution in [0.2, 0.25) is 0 Å². The maximum atomic E-state index is 13.5. The molecule has 0 unspecified atom stereocenters. The number of nitrogens with one attached hydrogen (secondary N) is 2. The molecular formula is C30H36N8O5S. The van der Waals surface area contributed by atoms with Crippen molar-refractivity contribution in [3.8, 4) is 11.5 Å². The summed E-state index contributed by atoms with van der Waals surface area (Å²) in [5, 5.41) is 6.88. The number of rotatable bonds is 6. The van der Waals surface area contributed by atoms with Crippen LogP contribution in [-0.2, 0) is 9.47 Å². The first-order chi connectivity index (χ1) is 21.1. The summed E-state index contributed by atoms with van der Waals surface area (Å²) in [5.74, 6) is 0.486. The molecule has 0 radical (unpaired) electrons. The minimum atomic E-state index is -0.595. The molecule has 4 aromatic rings. The zero-order valence-corrected chi connectivity index (χ0v) is 26.1. The van der Waals surface area contributed by atoms with Gasteiger partial charge < -0.3 is 34.3 Å². The number of fused-ring (bicyclic) bond motifs is 1. The van der Waals surface area contributed by atoms with Gasteiger partial charge in [-0.05, 0) is 58.7 Å². The number of aromatic nitrogens is 4. The van der Waals surface area contributed by atoms with Gasteiger partial charge in [-0.3, -0.25) is 9.78 Å². The topological polar surface area (TPSA) is 148 Å². The molecule has 13 nitrogen and oxygen atoms in total. The van der Waals surface area contributed by atoms with Crippen LogP contribution in [0, 0.1) is 6.92 Å². The smallest absolute Gasteiger partial charge is 0.407 e. The van der Waals surface area contributed by atoms with Crippen LogP contribution >= 0.6 is 11.3 Å². The van der Waals surface area contributed by atoms with Crippen molar-refractivity contribution in [2.45, 2.75) is 52.2 Å². The second-order valence-electron chi connectivity index (χ2n) is 11.9. The molecule has 0 saturated carbocycles. The highest BCUT2D eigenvalue weighted by molar-refractivity contribution is 7.22. The molecule has 0 aliphatic carbocycles. The normalized spacial score (nSPS) is 17.5. The molecule has 0 spiro atoms. The van der Waals surface area contributed by atoms with E-state index in [9.17, 15) is 9.59 Å². The van der Waals surface area contributed by atoms with E-state index in [0.29, 0.717) is 49.3 Å². The summed E-state index contributed by atoms with van der Waals surface area (Å²) >= 11 is 1.53. The molecule has 6 heterocycles. The van der Waals surface area contributed by atoms with Crippen molar-refractivity contribution in [3.05, 3.63) is 42.0 Å². The van der Waals surface area contributed by atoms with Crippen molar-refractivity contribution < 1.29 is 23.5 Å². The Morgan fingerprint density at radius 1 is 1.09 bits per heavy atom. The summed E-state index contributed by atoms with van der Waals surface area (Å²) in [5.41, 5.74) is 2.23. The van der Waals surface area contributed by atoms with Gasteiger partial charge in [0.15, 0.2) is 22.3 Å². The lowest BCUT2D eigenvalue weighted by molar-refractivity contribution is 0.0499. The van der Waals surface area contributed by atoms with E-state index >= 15 is 0 Å². The van der Waals surface area contributed by atoms with E-state index in [1.54, 1.807) is 12.3 Å². The van der Waals surface area contributed by atoms with Gasteiger partial charge in [0, 0.05) is 49.7 Å². The monoisotopic (exact) mass is 620 g/mol. The number of anilines is 3. The Morgan fingerprint density at radius 3 is 2.68 bits per heavy atom. The van der Waals surface area contributed by atoms with Crippen LogP contribution in [0.25, 0.3) is 21.8 Å². The highest BCUT2D eigenvalue weighted by Crippen LogP contribution is 2.36. The zero-order valence-electron chi connectivity index (χ0n) is 25.3. The van der Waals surface area contributed by atoms with E-state index < -0.39 is 17.6 Å². The molecule has 0 aromatic carbocycles. The third-order valence-electron chi connectivity index (χ3n) is 7.20. The first kappa shape index (κ1) is 29.8. The third-order valence-corrected chi connectivity index (χ3v) is 8.26. The number of piperidine rings is 1. The largest absolute Gasteiger partial charge is 0.444 e. The fourth-order valence-electron chi connectivity index (χ4n) is 5.20. The van der Waals surface area contributed by atoms with Gasteiger partial charge >= 0.3 is 6.09 Å². The lowest BCUT2D eigenvalue weighted by Gasteiger charge is -2.35. The van der Waals surface area contributed by atoms with E-state index in [1.165, 1.54) is 17.6 Å². The fourth-order valence-corrected chi connectivity index (χ4v) is 6.20. The molecule has 4 aromatic heterocycles. The minimum Gasteiger partial charge on any atom is -0.444 e. The Balaban J connectivity index is 1.28. The summed E-state index contributed by atoms with van der Waals surface area (Å²) in [7, 11) is 0. The molecule has 0 bridgehead atoms. The van der Waals surface area contributed by atoms with Gasteiger partial charge in [-0.15, -0.1) is 0 Å². The minimum absolute atomic E-state index is 0.141. The SMILES string of the molecule is Cc1cc(-c2nc(C(=O)Nc3cc4sc(N5CCOCC5)nc4nc3N3CCC[C@H](NC(=O)OC(C)(C)C)C3)co2)ccn1. The van der Waals surface area contributed by atoms with Gasteiger partial charge in [-0.1, -0.05) is 11.3 Å². The molecule has 2 aliphatic heterocycles. The fraction of sp³-hybridized carbons (Fsp3) is 0.467. The average Bonchev–Trinajstić information content (AvgIpc) is 3.64. The molecule has 2 fully saturated rings. The third kappa shape index (κ3) is 6.91. The lowest BCUT2D eigenvalue weighted by Crippen LogP contribution is -2.49. The molecular weight excluding hydrogens is 584 g/mol. The predicted octanol–water partition coefficient (Wildman–Crippen LogP) is 4.63. The number of pyridine rings is 2. The Morgan fingerprint density at radius 2 is 1.91 bits per heavy atom. The van der Waals surface area contributed by atoms with E-state index in [2.05, 4.69) is 30.4 Å². The second-order valence-corrected chi connectivity index (χ2v) is 12.9. The van der Waals surface area contributed by atoms with Crippen LogP contribution in [0.3, 0.4) is 0 Å². The summed E-state index contributed by atoms with van der Waals surface area (Å²) in [6.07, 6.45) is 4.18. The average molecular weight is 621 g/mol. The molecule has 44 heavy (non-hydrogen) atoms. The van der Waals surface area contributed by atoms with Gasteiger partial charge in [0.2, 0.25) is 5.89 Å². The predicted molar refractivity (Wildman–Crippen MR) is 167 cm³/mol. The summed E-state index contributed by atoms with van der Waals surface area (Å²) in [4.78, 5) is 48.7. The number of oxazole rings is 1. The maximum Gasteiger partial charge on any atom is 0.407 e. The number of ether oxygens (including phenoxy) is 2. The van der Waals surface area contributed by atoms with Crippen LogP contribution < -0.4 is 20.4 Å². The summed E-state index contributed by atoms with van der Waals surface area (Å²) in [6, 6.07) is 5.39. The molecule has 2 aliphatic rings. The van der Waals surface area contributed by atoms with Gasteiger partial charge in [0.1, 0.15) is 11.9 Å². The number of hydrogen-bond acceptors (Lipinski definition) is 12. The van der Waals surface area contributed by atoms with Crippen molar-refractivity contribution in [2.24, 2.45) is 0 Å². The molecule has 232 valence electrons. The number of carbonyl (C=O) groups excluding carboxylic acids is 2. The van der Waals surface area contributed by atoms with Crippen LogP contribution in [0.5, 0.6) is 0 Å². The van der Waals surface area contributed by atoms with Crippen LogP contribution in [-0.4, -0.2) is 83.0 Å². The van der Waals surface area contributed by atoms with Crippen molar-refractivity contribution in [3.63, 3.8) is 0 Å². The Labute approximate surface area is 259 Å². The Bertz CT molecular complexity index is 1660. The van der Waals surface area contributed by atoms with Gasteiger partial charge in [0.25, 0.3) is 5.91 Å². The highest BCUT2D eigenvalue weighted by atomic mass is 32.1. The molecule has 2 amide bonds. The summed E-state index contributed by atoms with van der Waals surface area (Å²) in [6.45, 7) is 11.4. The second kappa shape index (κ2) is 12.4. The first-order valence-electron chi connectivity index (χ1n) is 14.7. The summed E-state index contributed by atoms with van der Waals surface area (Å²) < 4.78 is 17.5. The van der Waals surface area contributed by atoms with Crippen molar-refractivity contribution in [1.29, 1.82) is 0 Å². The van der Waals surface area contributed by atoms with Crippen LogP contribution in [0.1, 0.15) is 49.8 Å². The number of nitrogens with zero attached hydrogens (tertiary/aromatic N) is 6. The Kier molecular flexibility index (Phi) is 8.36. The molecule has 2 saturated heterocycles. The van der Waals surface area contributed by atoms with Crippen LogP contribution in [0.15, 0.2) is 35.1 Å².